The number of nitriles is 1. The lowest BCUT2D eigenvalue weighted by molar-refractivity contribution is 0.453. The van der Waals surface area contributed by atoms with Gasteiger partial charge in [-0.05, 0) is 48.9 Å². The van der Waals surface area contributed by atoms with E-state index in [0.29, 0.717) is 30.0 Å². The smallest absolute Gasteiger partial charge is 0.206 e. The third-order valence-corrected chi connectivity index (χ3v) is 6.10. The first kappa shape index (κ1) is 18.7. The number of halogens is 1. The van der Waals surface area contributed by atoms with Crippen LogP contribution in [-0.2, 0) is 6.54 Å². The molecule has 0 amide bonds. The van der Waals surface area contributed by atoms with Crippen molar-refractivity contribution in [2.45, 2.75) is 25.4 Å². The third-order valence-electron chi connectivity index (χ3n) is 6.10. The number of anilines is 1. The maximum Gasteiger partial charge on any atom is 0.206 e. The van der Waals surface area contributed by atoms with Crippen LogP contribution in [0.5, 0.6) is 0 Å². The number of hydrogen-bond acceptors (Lipinski definition) is 5. The Kier molecular flexibility index (Phi) is 4.96. The summed E-state index contributed by atoms with van der Waals surface area (Å²) in [5.74, 6) is 2.26. The Morgan fingerprint density at radius 1 is 1.14 bits per heavy atom. The molecule has 3 atom stereocenters. The number of nitrogens with zero attached hydrogens (tertiary/aromatic N) is 5. The quantitative estimate of drug-likeness (QED) is 0.738. The molecule has 2 fully saturated rings. The minimum atomic E-state index is 0. The molecule has 7 heteroatoms. The summed E-state index contributed by atoms with van der Waals surface area (Å²) in [7, 11) is 0. The molecule has 1 aromatic carbocycles. The number of hydrogen-bond donors (Lipinski definition) is 1. The van der Waals surface area contributed by atoms with Crippen LogP contribution < -0.4 is 10.6 Å². The van der Waals surface area contributed by atoms with E-state index in [1.165, 1.54) is 6.42 Å². The summed E-state index contributed by atoms with van der Waals surface area (Å²) in [5, 5.41) is 8.99. The van der Waals surface area contributed by atoms with Gasteiger partial charge in [-0.1, -0.05) is 12.1 Å². The van der Waals surface area contributed by atoms with E-state index in [9.17, 15) is 0 Å². The first-order chi connectivity index (χ1) is 13.2. The second kappa shape index (κ2) is 7.42. The largest absolute Gasteiger partial charge is 0.342 e. The van der Waals surface area contributed by atoms with Gasteiger partial charge in [0.25, 0.3) is 0 Å². The molecule has 2 aliphatic rings. The molecule has 28 heavy (non-hydrogen) atoms. The van der Waals surface area contributed by atoms with Crippen molar-refractivity contribution < 1.29 is 0 Å². The SMILES string of the molecule is Cl.N#Cc1ccc(Cn2c(N3C[C@@H]4CC[C@H](N)[C@@H]4C3)nc3ccccc32)nc1. The Labute approximate surface area is 170 Å². The molecule has 2 N–H and O–H groups in total. The summed E-state index contributed by atoms with van der Waals surface area (Å²) in [6, 6.07) is 14.4. The minimum Gasteiger partial charge on any atom is -0.342 e. The lowest BCUT2D eigenvalue weighted by atomic mass is 9.98. The molecule has 2 aromatic heterocycles. The predicted octanol–water partition coefficient (Wildman–Crippen LogP) is 2.95. The molecule has 1 aliphatic heterocycles. The van der Waals surface area contributed by atoms with E-state index in [-0.39, 0.29) is 12.4 Å². The van der Waals surface area contributed by atoms with Gasteiger partial charge in [0.1, 0.15) is 6.07 Å². The molecule has 144 valence electrons. The van der Waals surface area contributed by atoms with Crippen LogP contribution in [-0.4, -0.2) is 33.7 Å². The van der Waals surface area contributed by atoms with Crippen molar-refractivity contribution in [1.29, 1.82) is 5.26 Å². The van der Waals surface area contributed by atoms with Crippen LogP contribution in [0.15, 0.2) is 42.6 Å². The van der Waals surface area contributed by atoms with Crippen LogP contribution in [0.1, 0.15) is 24.1 Å². The van der Waals surface area contributed by atoms with Crippen molar-refractivity contribution >= 4 is 29.4 Å². The molecule has 1 saturated carbocycles. The van der Waals surface area contributed by atoms with Crippen LogP contribution in [0.3, 0.4) is 0 Å². The molecule has 0 radical (unpaired) electrons. The molecule has 3 heterocycles. The Bertz CT molecular complexity index is 1020. The second-order valence-corrected chi connectivity index (χ2v) is 7.71. The van der Waals surface area contributed by atoms with Gasteiger partial charge in [0, 0.05) is 25.3 Å². The average molecular weight is 395 g/mol. The Hall–Kier alpha value is -2.62. The molecule has 0 bridgehead atoms. The van der Waals surface area contributed by atoms with E-state index in [1.807, 2.05) is 24.3 Å². The number of rotatable bonds is 3. The zero-order chi connectivity index (χ0) is 18.4. The molecule has 6 nitrogen and oxygen atoms in total. The lowest BCUT2D eigenvalue weighted by Gasteiger charge is -2.21. The summed E-state index contributed by atoms with van der Waals surface area (Å²) in [4.78, 5) is 11.8. The summed E-state index contributed by atoms with van der Waals surface area (Å²) in [6.45, 7) is 2.65. The maximum atomic E-state index is 8.99. The summed E-state index contributed by atoms with van der Waals surface area (Å²) >= 11 is 0. The fraction of sp³-hybridized carbons (Fsp3) is 0.381. The summed E-state index contributed by atoms with van der Waals surface area (Å²) in [5.41, 5.74) is 9.95. The van der Waals surface area contributed by atoms with Crippen LogP contribution >= 0.6 is 12.4 Å². The van der Waals surface area contributed by atoms with Crippen molar-refractivity contribution in [2.24, 2.45) is 17.6 Å². The number of imidazole rings is 1. The normalized spacial score (nSPS) is 23.4. The van der Waals surface area contributed by atoms with Crippen LogP contribution in [0.2, 0.25) is 0 Å². The van der Waals surface area contributed by atoms with E-state index in [1.54, 1.807) is 6.20 Å². The highest BCUT2D eigenvalue weighted by Crippen LogP contribution is 2.39. The van der Waals surface area contributed by atoms with Crippen LogP contribution in [0, 0.1) is 23.2 Å². The van der Waals surface area contributed by atoms with Crippen molar-refractivity contribution in [3.8, 4) is 6.07 Å². The maximum absolute atomic E-state index is 8.99. The van der Waals surface area contributed by atoms with Crippen molar-refractivity contribution in [1.82, 2.24) is 14.5 Å². The Morgan fingerprint density at radius 2 is 2.00 bits per heavy atom. The number of fused-ring (bicyclic) bond motifs is 2. The molecule has 3 aromatic rings. The van der Waals surface area contributed by atoms with Gasteiger partial charge in [-0.25, -0.2) is 4.98 Å². The molecule has 1 aliphatic carbocycles. The lowest BCUT2D eigenvalue weighted by Crippen LogP contribution is -2.31. The highest BCUT2D eigenvalue weighted by atomic mass is 35.5. The standard InChI is InChI=1S/C21H22N6.ClH/c22-9-14-5-7-16(24-10-14)12-27-20-4-2-1-3-19(20)25-21(27)26-11-15-6-8-18(23)17(15)13-26;/h1-5,7,10,15,17-18H,6,8,11-13,23H2;1H/t15-,17+,18-;/m0./s1. The Morgan fingerprint density at radius 3 is 2.75 bits per heavy atom. The monoisotopic (exact) mass is 394 g/mol. The second-order valence-electron chi connectivity index (χ2n) is 7.71. The summed E-state index contributed by atoms with van der Waals surface area (Å²) in [6.07, 6.45) is 4.00. The van der Waals surface area contributed by atoms with Crippen molar-refractivity contribution in [2.75, 3.05) is 18.0 Å². The summed E-state index contributed by atoms with van der Waals surface area (Å²) < 4.78 is 2.25. The van der Waals surface area contributed by atoms with Gasteiger partial charge >= 0.3 is 0 Å². The highest BCUT2D eigenvalue weighted by Gasteiger charge is 2.42. The fourth-order valence-electron chi connectivity index (χ4n) is 4.68. The van der Waals surface area contributed by atoms with Gasteiger partial charge in [-0.15, -0.1) is 12.4 Å². The highest BCUT2D eigenvalue weighted by molar-refractivity contribution is 5.85. The van der Waals surface area contributed by atoms with Crippen molar-refractivity contribution in [3.63, 3.8) is 0 Å². The predicted molar refractivity (Wildman–Crippen MR) is 111 cm³/mol. The average Bonchev–Trinajstić information content (AvgIpc) is 3.37. The zero-order valence-electron chi connectivity index (χ0n) is 15.5. The molecular weight excluding hydrogens is 372 g/mol. The van der Waals surface area contributed by atoms with Crippen LogP contribution in [0.25, 0.3) is 11.0 Å². The van der Waals surface area contributed by atoms with E-state index in [2.05, 4.69) is 32.7 Å². The van der Waals surface area contributed by atoms with Gasteiger partial charge in [0.05, 0.1) is 28.8 Å². The van der Waals surface area contributed by atoms with E-state index in [4.69, 9.17) is 16.0 Å². The van der Waals surface area contributed by atoms with Gasteiger partial charge in [-0.2, -0.15) is 5.26 Å². The van der Waals surface area contributed by atoms with Gasteiger partial charge in [-0.3, -0.25) is 4.98 Å². The van der Waals surface area contributed by atoms with E-state index in [0.717, 1.165) is 42.2 Å². The third kappa shape index (κ3) is 3.11. The van der Waals surface area contributed by atoms with E-state index < -0.39 is 0 Å². The zero-order valence-corrected chi connectivity index (χ0v) is 16.3. The minimum absolute atomic E-state index is 0. The number of aromatic nitrogens is 3. The van der Waals surface area contributed by atoms with Gasteiger partial charge in [0.2, 0.25) is 5.95 Å². The first-order valence-electron chi connectivity index (χ1n) is 9.54. The number of nitrogens with two attached hydrogens (primary N) is 1. The molecular formula is C21H23ClN6. The molecule has 0 unspecified atom stereocenters. The number of pyridine rings is 1. The molecule has 0 spiro atoms. The first-order valence-corrected chi connectivity index (χ1v) is 9.54. The van der Waals surface area contributed by atoms with Crippen molar-refractivity contribution in [3.05, 3.63) is 53.9 Å². The van der Waals surface area contributed by atoms with Gasteiger partial charge in [0.15, 0.2) is 0 Å². The fourth-order valence-corrected chi connectivity index (χ4v) is 4.68. The number of benzene rings is 1. The van der Waals surface area contributed by atoms with Crippen LogP contribution in [0.4, 0.5) is 5.95 Å². The van der Waals surface area contributed by atoms with Gasteiger partial charge < -0.3 is 15.2 Å². The topological polar surface area (TPSA) is 83.8 Å². The number of para-hydroxylation sites is 2. The Balaban J connectivity index is 0.00000192. The molecule has 1 saturated heterocycles. The van der Waals surface area contributed by atoms with E-state index >= 15 is 0 Å². The molecule has 5 rings (SSSR count).